The third-order valence-electron chi connectivity index (χ3n) is 3.03. The van der Waals surface area contributed by atoms with E-state index in [-0.39, 0.29) is 18.4 Å². The molecular formula is C15H18N4O2. The molecule has 0 saturated carbocycles. The van der Waals surface area contributed by atoms with E-state index in [0.29, 0.717) is 11.4 Å². The highest BCUT2D eigenvalue weighted by Crippen LogP contribution is 2.06. The molecule has 0 saturated heterocycles. The fourth-order valence-electron chi connectivity index (χ4n) is 1.88. The lowest BCUT2D eigenvalue weighted by atomic mass is 10.2. The molecule has 0 bridgehead atoms. The van der Waals surface area contributed by atoms with Crippen LogP contribution in [0.4, 0.5) is 5.82 Å². The number of nitrogens with zero attached hydrogens (tertiary/aromatic N) is 2. The smallest absolute Gasteiger partial charge is 0.254 e. The van der Waals surface area contributed by atoms with E-state index < -0.39 is 0 Å². The van der Waals surface area contributed by atoms with E-state index in [4.69, 9.17) is 0 Å². The van der Waals surface area contributed by atoms with Crippen molar-refractivity contribution in [2.75, 3.05) is 18.9 Å². The number of amides is 2. The van der Waals surface area contributed by atoms with Crippen LogP contribution in [-0.2, 0) is 11.2 Å². The standard InChI is InChI=1S/C15H18N4O2/c1-3-12-9-13(18-17-12)16-14(20)10-19(2)15(21)11-7-5-4-6-8-11/h4-9H,3,10H2,1-2H3,(H2,16,17,18,20). The van der Waals surface area contributed by atoms with Crippen LogP contribution in [0.3, 0.4) is 0 Å². The molecule has 2 N–H and O–H groups in total. The minimum absolute atomic E-state index is 0.0257. The van der Waals surface area contributed by atoms with Crippen LogP contribution in [0.1, 0.15) is 23.0 Å². The van der Waals surface area contributed by atoms with Gasteiger partial charge in [-0.2, -0.15) is 5.10 Å². The van der Waals surface area contributed by atoms with Crippen LogP contribution >= 0.6 is 0 Å². The number of aromatic nitrogens is 2. The van der Waals surface area contributed by atoms with Gasteiger partial charge in [-0.3, -0.25) is 14.7 Å². The van der Waals surface area contributed by atoms with Crippen LogP contribution in [0.2, 0.25) is 0 Å². The van der Waals surface area contributed by atoms with Crippen LogP contribution in [-0.4, -0.2) is 40.5 Å². The molecule has 6 nitrogen and oxygen atoms in total. The second-order valence-electron chi connectivity index (χ2n) is 4.71. The predicted molar refractivity (Wildman–Crippen MR) is 80.0 cm³/mol. The van der Waals surface area contributed by atoms with Crippen molar-refractivity contribution in [3.8, 4) is 0 Å². The summed E-state index contributed by atoms with van der Waals surface area (Å²) in [6, 6.07) is 10.6. The first kappa shape index (κ1) is 14.8. The first-order valence-electron chi connectivity index (χ1n) is 6.74. The average Bonchev–Trinajstić information content (AvgIpc) is 2.94. The van der Waals surface area contributed by atoms with Gasteiger partial charge < -0.3 is 10.2 Å². The minimum Gasteiger partial charge on any atom is -0.332 e. The zero-order valence-corrected chi connectivity index (χ0v) is 12.1. The molecule has 0 fully saturated rings. The number of anilines is 1. The molecule has 0 aliphatic heterocycles. The van der Waals surface area contributed by atoms with Crippen molar-refractivity contribution in [1.29, 1.82) is 0 Å². The Morgan fingerprint density at radius 2 is 2.00 bits per heavy atom. The summed E-state index contributed by atoms with van der Waals surface area (Å²) in [7, 11) is 1.59. The highest BCUT2D eigenvalue weighted by Gasteiger charge is 2.15. The minimum atomic E-state index is -0.282. The third-order valence-corrected chi connectivity index (χ3v) is 3.03. The van der Waals surface area contributed by atoms with Crippen molar-refractivity contribution in [2.24, 2.45) is 0 Å². The van der Waals surface area contributed by atoms with Crippen molar-refractivity contribution >= 4 is 17.6 Å². The average molecular weight is 286 g/mol. The van der Waals surface area contributed by atoms with Crippen molar-refractivity contribution in [3.63, 3.8) is 0 Å². The summed E-state index contributed by atoms with van der Waals surface area (Å²) >= 11 is 0. The van der Waals surface area contributed by atoms with Gasteiger partial charge in [-0.15, -0.1) is 0 Å². The molecule has 1 aromatic heterocycles. The molecule has 6 heteroatoms. The first-order chi connectivity index (χ1) is 10.1. The normalized spacial score (nSPS) is 10.2. The van der Waals surface area contributed by atoms with Crippen molar-refractivity contribution in [2.45, 2.75) is 13.3 Å². The number of hydrogen-bond acceptors (Lipinski definition) is 3. The molecular weight excluding hydrogens is 268 g/mol. The Morgan fingerprint density at radius 1 is 1.29 bits per heavy atom. The van der Waals surface area contributed by atoms with E-state index in [1.165, 1.54) is 4.90 Å². The van der Waals surface area contributed by atoms with Crippen LogP contribution in [0.5, 0.6) is 0 Å². The van der Waals surface area contributed by atoms with E-state index in [0.717, 1.165) is 12.1 Å². The summed E-state index contributed by atoms with van der Waals surface area (Å²) in [5.74, 6) is -0.00429. The summed E-state index contributed by atoms with van der Waals surface area (Å²) in [6.07, 6.45) is 0.815. The van der Waals surface area contributed by atoms with Gasteiger partial charge in [0.1, 0.15) is 0 Å². The number of likely N-dealkylation sites (N-methyl/N-ethyl adjacent to an activating group) is 1. The predicted octanol–water partition coefficient (Wildman–Crippen LogP) is 1.68. The second kappa shape index (κ2) is 6.69. The van der Waals surface area contributed by atoms with E-state index >= 15 is 0 Å². The van der Waals surface area contributed by atoms with Crippen LogP contribution < -0.4 is 5.32 Å². The largest absolute Gasteiger partial charge is 0.332 e. The van der Waals surface area contributed by atoms with E-state index in [1.54, 1.807) is 37.4 Å². The number of aromatic amines is 1. The topological polar surface area (TPSA) is 78.1 Å². The molecule has 1 aromatic carbocycles. The fourth-order valence-corrected chi connectivity index (χ4v) is 1.88. The monoisotopic (exact) mass is 286 g/mol. The molecule has 110 valence electrons. The Kier molecular flexibility index (Phi) is 4.71. The van der Waals surface area contributed by atoms with Crippen LogP contribution in [0.25, 0.3) is 0 Å². The van der Waals surface area contributed by atoms with Gasteiger partial charge in [-0.1, -0.05) is 25.1 Å². The molecule has 2 rings (SSSR count). The van der Waals surface area contributed by atoms with E-state index in [2.05, 4.69) is 15.5 Å². The first-order valence-corrected chi connectivity index (χ1v) is 6.74. The van der Waals surface area contributed by atoms with Gasteiger partial charge in [0.05, 0.1) is 6.54 Å². The number of H-pyrrole nitrogens is 1. The fraction of sp³-hybridized carbons (Fsp3) is 0.267. The van der Waals surface area contributed by atoms with Crippen molar-refractivity contribution < 1.29 is 9.59 Å². The molecule has 0 spiro atoms. The Balaban J connectivity index is 1.91. The molecule has 21 heavy (non-hydrogen) atoms. The number of nitrogens with one attached hydrogen (secondary N) is 2. The third kappa shape index (κ3) is 3.92. The van der Waals surface area contributed by atoms with E-state index in [9.17, 15) is 9.59 Å². The number of benzene rings is 1. The lowest BCUT2D eigenvalue weighted by Gasteiger charge is -2.16. The summed E-state index contributed by atoms with van der Waals surface area (Å²) < 4.78 is 0. The van der Waals surface area contributed by atoms with Gasteiger partial charge in [0.2, 0.25) is 5.91 Å². The Hall–Kier alpha value is -2.63. The molecule has 2 amide bonds. The Labute approximate surface area is 123 Å². The molecule has 0 atom stereocenters. The van der Waals surface area contributed by atoms with Gasteiger partial charge in [0, 0.05) is 24.4 Å². The SMILES string of the molecule is CCc1cc(NC(=O)CN(C)C(=O)c2ccccc2)n[nH]1. The number of carbonyl (C=O) groups excluding carboxylic acids is 2. The summed E-state index contributed by atoms with van der Waals surface area (Å²) in [5.41, 5.74) is 1.50. The lowest BCUT2D eigenvalue weighted by Crippen LogP contribution is -2.34. The number of rotatable bonds is 5. The molecule has 0 radical (unpaired) electrons. The summed E-state index contributed by atoms with van der Waals surface area (Å²) in [5, 5.41) is 9.45. The lowest BCUT2D eigenvalue weighted by molar-refractivity contribution is -0.116. The highest BCUT2D eigenvalue weighted by molar-refractivity contribution is 5.98. The van der Waals surface area contributed by atoms with Gasteiger partial charge in [0.25, 0.3) is 5.91 Å². The van der Waals surface area contributed by atoms with E-state index in [1.807, 2.05) is 13.0 Å². The number of hydrogen-bond donors (Lipinski definition) is 2. The van der Waals surface area contributed by atoms with Crippen molar-refractivity contribution in [1.82, 2.24) is 15.1 Å². The maximum absolute atomic E-state index is 12.1. The number of aryl methyl sites for hydroxylation is 1. The number of carbonyl (C=O) groups is 2. The Morgan fingerprint density at radius 3 is 2.62 bits per heavy atom. The van der Waals surface area contributed by atoms with Gasteiger partial charge in [-0.05, 0) is 18.6 Å². The molecule has 0 aliphatic carbocycles. The summed E-state index contributed by atoms with van der Waals surface area (Å²) in [6.45, 7) is 1.97. The Bertz CT molecular complexity index is 622. The maximum atomic E-state index is 12.1. The zero-order chi connectivity index (χ0) is 15.2. The van der Waals surface area contributed by atoms with Crippen molar-refractivity contribution in [3.05, 3.63) is 47.7 Å². The summed E-state index contributed by atoms with van der Waals surface area (Å²) in [4.78, 5) is 25.4. The van der Waals surface area contributed by atoms with Crippen LogP contribution in [0, 0.1) is 0 Å². The molecule has 1 heterocycles. The van der Waals surface area contributed by atoms with Crippen LogP contribution in [0.15, 0.2) is 36.4 Å². The molecule has 0 aliphatic rings. The molecule has 0 unspecified atom stereocenters. The van der Waals surface area contributed by atoms with Gasteiger partial charge >= 0.3 is 0 Å². The van der Waals surface area contributed by atoms with Gasteiger partial charge in [0.15, 0.2) is 5.82 Å². The highest BCUT2D eigenvalue weighted by atomic mass is 16.2. The maximum Gasteiger partial charge on any atom is 0.254 e. The zero-order valence-electron chi connectivity index (χ0n) is 12.1. The van der Waals surface area contributed by atoms with Gasteiger partial charge in [-0.25, -0.2) is 0 Å². The molecule has 2 aromatic rings. The second-order valence-corrected chi connectivity index (χ2v) is 4.71. The quantitative estimate of drug-likeness (QED) is 0.878.